The highest BCUT2D eigenvalue weighted by atomic mass is 16.5. The van der Waals surface area contributed by atoms with Crippen LogP contribution in [0.4, 0.5) is 0 Å². The average Bonchev–Trinajstić information content (AvgIpc) is 2.26. The normalized spacial score (nSPS) is 13.3. The second-order valence-corrected chi connectivity index (χ2v) is 3.65. The lowest BCUT2D eigenvalue weighted by atomic mass is 10.2. The first-order chi connectivity index (χ1) is 7.59. The zero-order valence-electron chi connectivity index (χ0n) is 9.51. The average molecular weight is 220 g/mol. The molecule has 0 aliphatic rings. The summed E-state index contributed by atoms with van der Waals surface area (Å²) in [4.78, 5) is 11.5. The molecule has 1 N–H and O–H groups in total. The summed E-state index contributed by atoms with van der Waals surface area (Å²) in [6.07, 6.45) is 0.831. The van der Waals surface area contributed by atoms with E-state index in [-0.39, 0.29) is 6.61 Å². The third kappa shape index (κ3) is 4.28. The minimum absolute atomic E-state index is 0.255. The number of carbonyl (C=O) groups excluding carboxylic acids is 1. The Balaban J connectivity index is 2.48. The monoisotopic (exact) mass is 220 g/mol. The first-order valence-electron chi connectivity index (χ1n) is 5.17. The van der Waals surface area contributed by atoms with Gasteiger partial charge in [-0.15, -0.1) is 0 Å². The summed E-state index contributed by atoms with van der Waals surface area (Å²) >= 11 is 0. The van der Waals surface area contributed by atoms with E-state index in [1.807, 2.05) is 30.3 Å². The van der Waals surface area contributed by atoms with E-state index in [0.717, 1.165) is 5.56 Å². The fourth-order valence-corrected chi connectivity index (χ4v) is 1.27. The topological polar surface area (TPSA) is 46.5 Å². The fourth-order valence-electron chi connectivity index (χ4n) is 1.27. The molecule has 0 aromatic heterocycles. The van der Waals surface area contributed by atoms with E-state index < -0.39 is 12.1 Å². The van der Waals surface area contributed by atoms with E-state index >= 15 is 0 Å². The summed E-state index contributed by atoms with van der Waals surface area (Å²) in [7, 11) is 0. The Morgan fingerprint density at radius 3 is 2.62 bits per heavy atom. The number of aliphatic hydroxyl groups is 1. The second kappa shape index (κ2) is 6.08. The van der Waals surface area contributed by atoms with Crippen molar-refractivity contribution in [3.05, 3.63) is 47.5 Å². The summed E-state index contributed by atoms with van der Waals surface area (Å²) in [5.41, 5.74) is 1.37. The summed E-state index contributed by atoms with van der Waals surface area (Å²) in [6, 6.07) is 9.47. The maximum absolute atomic E-state index is 11.5. The minimum Gasteiger partial charge on any atom is -0.457 e. The van der Waals surface area contributed by atoms with Crippen LogP contribution in [0.5, 0.6) is 0 Å². The van der Waals surface area contributed by atoms with Crippen LogP contribution in [0.15, 0.2) is 42.0 Å². The van der Waals surface area contributed by atoms with Crippen LogP contribution in [0.2, 0.25) is 0 Å². The minimum atomic E-state index is -0.635. The van der Waals surface area contributed by atoms with Crippen LogP contribution in [0.1, 0.15) is 19.4 Å². The summed E-state index contributed by atoms with van der Waals surface area (Å²) in [6.45, 7) is 3.47. The molecule has 86 valence electrons. The van der Waals surface area contributed by atoms with Gasteiger partial charge in [-0.2, -0.15) is 0 Å². The Kier molecular flexibility index (Phi) is 4.73. The Bertz CT molecular complexity index is 366. The van der Waals surface area contributed by atoms with Crippen molar-refractivity contribution >= 4 is 5.97 Å². The summed E-state index contributed by atoms with van der Waals surface area (Å²) in [5, 5.41) is 9.07. The van der Waals surface area contributed by atoms with Crippen molar-refractivity contribution in [2.75, 3.05) is 0 Å². The van der Waals surface area contributed by atoms with Crippen LogP contribution in [-0.4, -0.2) is 17.2 Å². The lowest BCUT2D eigenvalue weighted by Crippen LogP contribution is -2.08. The molecule has 0 amide bonds. The first-order valence-corrected chi connectivity index (χ1v) is 5.17. The Morgan fingerprint density at radius 2 is 2.06 bits per heavy atom. The molecule has 0 heterocycles. The SMILES string of the molecule is C/C(=C/[C@@H](C)O)C(=O)OCc1ccccc1. The van der Waals surface area contributed by atoms with Gasteiger partial charge in [0.15, 0.2) is 0 Å². The standard InChI is InChI=1S/C13H16O3/c1-10(8-11(2)14)13(15)16-9-12-6-4-3-5-7-12/h3-8,11,14H,9H2,1-2H3/b10-8-/t11-/m1/s1. The third-order valence-electron chi connectivity index (χ3n) is 2.03. The molecule has 0 aliphatic carbocycles. The quantitative estimate of drug-likeness (QED) is 0.624. The predicted octanol–water partition coefficient (Wildman–Crippen LogP) is 2.06. The van der Waals surface area contributed by atoms with Gasteiger partial charge in [0.1, 0.15) is 6.61 Å². The van der Waals surface area contributed by atoms with Gasteiger partial charge in [-0.05, 0) is 25.5 Å². The molecule has 3 nitrogen and oxygen atoms in total. The number of aliphatic hydroxyl groups excluding tert-OH is 1. The molecule has 3 heteroatoms. The van der Waals surface area contributed by atoms with Crippen molar-refractivity contribution in [2.45, 2.75) is 26.6 Å². The molecule has 0 fully saturated rings. The molecule has 0 saturated carbocycles. The van der Waals surface area contributed by atoms with Crippen molar-refractivity contribution in [3.8, 4) is 0 Å². The van der Waals surface area contributed by atoms with E-state index in [1.54, 1.807) is 13.8 Å². The van der Waals surface area contributed by atoms with Gasteiger partial charge in [0.25, 0.3) is 0 Å². The summed E-state index contributed by atoms with van der Waals surface area (Å²) < 4.78 is 5.07. The Labute approximate surface area is 95.4 Å². The molecule has 1 atom stereocenters. The number of ether oxygens (including phenoxy) is 1. The fraction of sp³-hybridized carbons (Fsp3) is 0.308. The van der Waals surface area contributed by atoms with Gasteiger partial charge in [-0.1, -0.05) is 30.3 Å². The molecular formula is C13H16O3. The van der Waals surface area contributed by atoms with Crippen LogP contribution in [0.3, 0.4) is 0 Å². The maximum atomic E-state index is 11.5. The van der Waals surface area contributed by atoms with Crippen LogP contribution in [-0.2, 0) is 16.1 Å². The van der Waals surface area contributed by atoms with Crippen molar-refractivity contribution in [3.63, 3.8) is 0 Å². The van der Waals surface area contributed by atoms with E-state index in [1.165, 1.54) is 6.08 Å². The molecular weight excluding hydrogens is 204 g/mol. The Hall–Kier alpha value is -1.61. The largest absolute Gasteiger partial charge is 0.457 e. The Morgan fingerprint density at radius 1 is 1.44 bits per heavy atom. The van der Waals surface area contributed by atoms with Crippen molar-refractivity contribution < 1.29 is 14.6 Å². The van der Waals surface area contributed by atoms with Crippen LogP contribution < -0.4 is 0 Å². The molecule has 0 bridgehead atoms. The number of hydrogen-bond acceptors (Lipinski definition) is 3. The van der Waals surface area contributed by atoms with E-state index in [9.17, 15) is 4.79 Å². The third-order valence-corrected chi connectivity index (χ3v) is 2.03. The van der Waals surface area contributed by atoms with Gasteiger partial charge in [0.05, 0.1) is 6.10 Å². The lowest BCUT2D eigenvalue weighted by molar-refractivity contribution is -0.140. The van der Waals surface area contributed by atoms with Crippen LogP contribution in [0.25, 0.3) is 0 Å². The van der Waals surface area contributed by atoms with Crippen molar-refractivity contribution in [1.82, 2.24) is 0 Å². The smallest absolute Gasteiger partial charge is 0.333 e. The zero-order chi connectivity index (χ0) is 12.0. The second-order valence-electron chi connectivity index (χ2n) is 3.65. The van der Waals surface area contributed by atoms with E-state index in [2.05, 4.69) is 0 Å². The summed E-state index contributed by atoms with van der Waals surface area (Å²) in [5.74, 6) is -0.398. The molecule has 0 radical (unpaired) electrons. The lowest BCUT2D eigenvalue weighted by Gasteiger charge is -2.05. The van der Waals surface area contributed by atoms with Crippen molar-refractivity contribution in [1.29, 1.82) is 0 Å². The number of carbonyl (C=O) groups is 1. The van der Waals surface area contributed by atoms with Gasteiger partial charge < -0.3 is 9.84 Å². The predicted molar refractivity (Wildman–Crippen MR) is 61.7 cm³/mol. The van der Waals surface area contributed by atoms with Gasteiger partial charge >= 0.3 is 5.97 Å². The van der Waals surface area contributed by atoms with Crippen molar-refractivity contribution in [2.24, 2.45) is 0 Å². The number of hydrogen-bond donors (Lipinski definition) is 1. The van der Waals surface area contributed by atoms with E-state index in [4.69, 9.17) is 9.84 Å². The number of esters is 1. The molecule has 0 unspecified atom stereocenters. The molecule has 0 aliphatic heterocycles. The van der Waals surface area contributed by atoms with E-state index in [0.29, 0.717) is 5.57 Å². The van der Waals surface area contributed by atoms with Gasteiger partial charge in [0, 0.05) is 5.57 Å². The molecule has 1 aromatic carbocycles. The molecule has 1 rings (SSSR count). The van der Waals surface area contributed by atoms with Crippen LogP contribution in [0, 0.1) is 0 Å². The van der Waals surface area contributed by atoms with Gasteiger partial charge in [-0.3, -0.25) is 0 Å². The highest BCUT2D eigenvalue weighted by Gasteiger charge is 2.06. The van der Waals surface area contributed by atoms with Gasteiger partial charge in [-0.25, -0.2) is 4.79 Å². The molecule has 0 spiro atoms. The molecule has 16 heavy (non-hydrogen) atoms. The highest BCUT2D eigenvalue weighted by molar-refractivity contribution is 5.87. The maximum Gasteiger partial charge on any atom is 0.333 e. The van der Waals surface area contributed by atoms with Gasteiger partial charge in [0.2, 0.25) is 0 Å². The van der Waals surface area contributed by atoms with Crippen LogP contribution >= 0.6 is 0 Å². The number of benzene rings is 1. The first kappa shape index (κ1) is 12.5. The zero-order valence-corrected chi connectivity index (χ0v) is 9.51. The molecule has 0 saturated heterocycles. The number of rotatable bonds is 4. The molecule has 1 aromatic rings. The highest BCUT2D eigenvalue weighted by Crippen LogP contribution is 2.04.